The van der Waals surface area contributed by atoms with Crippen LogP contribution in [0.1, 0.15) is 80.9 Å². The van der Waals surface area contributed by atoms with Crippen molar-refractivity contribution in [2.75, 3.05) is 6.61 Å². The third kappa shape index (κ3) is 8.44. The highest BCUT2D eigenvalue weighted by atomic mass is 19.4. The molecule has 0 bridgehead atoms. The van der Waals surface area contributed by atoms with E-state index in [4.69, 9.17) is 4.74 Å². The van der Waals surface area contributed by atoms with Crippen LogP contribution in [0, 0.1) is 11.7 Å². The van der Waals surface area contributed by atoms with E-state index >= 15 is 0 Å². The van der Waals surface area contributed by atoms with Crippen LogP contribution in [0.5, 0.6) is 5.75 Å². The number of unbranched alkanes of at least 4 members (excludes halogenated alkanes) is 2. The Morgan fingerprint density at radius 3 is 2.17 bits per heavy atom. The predicted molar refractivity (Wildman–Crippen MR) is 122 cm³/mol. The summed E-state index contributed by atoms with van der Waals surface area (Å²) in [5.41, 5.74) is 1.01. The largest absolute Gasteiger partial charge is 0.573 e. The van der Waals surface area contributed by atoms with Crippen LogP contribution in [0.2, 0.25) is 0 Å². The van der Waals surface area contributed by atoms with Gasteiger partial charge in [0.15, 0.2) is 11.6 Å². The molecule has 0 saturated heterocycles. The molecule has 0 radical (unpaired) electrons. The first-order chi connectivity index (χ1) is 16.6. The summed E-state index contributed by atoms with van der Waals surface area (Å²) in [4.78, 5) is 0. The summed E-state index contributed by atoms with van der Waals surface area (Å²) in [6.45, 7) is 1.77. The Morgan fingerprint density at radius 2 is 1.57 bits per heavy atom. The lowest BCUT2D eigenvalue weighted by atomic mass is 9.77. The van der Waals surface area contributed by atoms with Gasteiger partial charge in [0.05, 0.1) is 12.2 Å². The normalized spacial score (nSPS) is 19.1. The standard InChI is InChI=1S/C27H32F6O2/c1-2-3-4-5-19-6-9-21(10-7-19)22-11-13-23(14-12-22)26(29,30)34-17-16-20-8-15-25(24(28)18-20)35-27(31,32)33/h8,11-15,18-19,21H,2-7,9-10,16-17H2,1H3/t19-,21-. The molecular weight excluding hydrogens is 470 g/mol. The number of halogens is 6. The Kier molecular flexibility index (Phi) is 9.50. The zero-order chi connectivity index (χ0) is 25.5. The van der Waals surface area contributed by atoms with Crippen molar-refractivity contribution < 1.29 is 35.8 Å². The summed E-state index contributed by atoms with van der Waals surface area (Å²) >= 11 is 0. The first-order valence-corrected chi connectivity index (χ1v) is 12.2. The fraction of sp³-hybridized carbons (Fsp3) is 0.556. The van der Waals surface area contributed by atoms with Gasteiger partial charge in [-0.3, -0.25) is 0 Å². The van der Waals surface area contributed by atoms with Crippen molar-refractivity contribution in [1.82, 2.24) is 0 Å². The average Bonchev–Trinajstić information content (AvgIpc) is 2.81. The van der Waals surface area contributed by atoms with Gasteiger partial charge in [-0.2, -0.15) is 8.78 Å². The quantitative estimate of drug-likeness (QED) is 0.226. The van der Waals surface area contributed by atoms with E-state index in [-0.39, 0.29) is 17.5 Å². The molecule has 2 nitrogen and oxygen atoms in total. The SMILES string of the molecule is CCCCC[C@H]1CC[C@H](c2ccc(C(F)(F)OCCc3ccc(OC(F)(F)F)c(F)c3)cc2)CC1. The van der Waals surface area contributed by atoms with Crippen LogP contribution >= 0.6 is 0 Å². The lowest BCUT2D eigenvalue weighted by molar-refractivity contribution is -0.275. The van der Waals surface area contributed by atoms with Crippen LogP contribution in [0.4, 0.5) is 26.3 Å². The molecule has 2 aromatic rings. The Bertz CT molecular complexity index is 918. The van der Waals surface area contributed by atoms with Crippen molar-refractivity contribution in [2.24, 2.45) is 5.92 Å². The summed E-state index contributed by atoms with van der Waals surface area (Å²) in [6.07, 6.45) is 0.920. The fourth-order valence-corrected chi connectivity index (χ4v) is 4.70. The van der Waals surface area contributed by atoms with Gasteiger partial charge in [-0.05, 0) is 67.2 Å². The van der Waals surface area contributed by atoms with Crippen LogP contribution in [-0.2, 0) is 17.3 Å². The predicted octanol–water partition coefficient (Wildman–Crippen LogP) is 8.89. The first-order valence-electron chi connectivity index (χ1n) is 12.2. The van der Waals surface area contributed by atoms with Crippen LogP contribution in [-0.4, -0.2) is 13.0 Å². The van der Waals surface area contributed by atoms with Gasteiger partial charge in [0, 0.05) is 0 Å². The molecule has 0 amide bonds. The van der Waals surface area contributed by atoms with Crippen LogP contribution in [0.3, 0.4) is 0 Å². The molecular formula is C27H32F6O2. The molecule has 0 unspecified atom stereocenters. The van der Waals surface area contributed by atoms with Crippen molar-refractivity contribution in [2.45, 2.75) is 83.1 Å². The number of ether oxygens (including phenoxy) is 2. The smallest absolute Gasteiger partial charge is 0.403 e. The van der Waals surface area contributed by atoms with Gasteiger partial charge in [0.1, 0.15) is 0 Å². The van der Waals surface area contributed by atoms with Gasteiger partial charge in [0.25, 0.3) is 0 Å². The lowest BCUT2D eigenvalue weighted by Crippen LogP contribution is -2.20. The van der Waals surface area contributed by atoms with E-state index in [0.29, 0.717) is 5.92 Å². The van der Waals surface area contributed by atoms with Crippen molar-refractivity contribution in [3.05, 3.63) is 65.0 Å². The second-order valence-corrected chi connectivity index (χ2v) is 9.26. The number of rotatable bonds is 11. The minimum atomic E-state index is -5.02. The fourth-order valence-electron chi connectivity index (χ4n) is 4.70. The average molecular weight is 503 g/mol. The molecule has 0 atom stereocenters. The topological polar surface area (TPSA) is 18.5 Å². The Labute approximate surface area is 202 Å². The number of hydrogen-bond donors (Lipinski definition) is 0. The second-order valence-electron chi connectivity index (χ2n) is 9.26. The summed E-state index contributed by atoms with van der Waals surface area (Å²) in [7, 11) is 0. The Morgan fingerprint density at radius 1 is 0.886 bits per heavy atom. The van der Waals surface area contributed by atoms with E-state index in [0.717, 1.165) is 36.5 Å². The van der Waals surface area contributed by atoms with Gasteiger partial charge >= 0.3 is 12.5 Å². The van der Waals surface area contributed by atoms with E-state index in [1.807, 2.05) is 0 Å². The van der Waals surface area contributed by atoms with E-state index in [9.17, 15) is 26.3 Å². The molecule has 8 heteroatoms. The van der Waals surface area contributed by atoms with E-state index in [1.54, 1.807) is 12.1 Å². The van der Waals surface area contributed by atoms with Crippen molar-refractivity contribution in [3.8, 4) is 5.75 Å². The zero-order valence-corrected chi connectivity index (χ0v) is 19.9. The maximum absolute atomic E-state index is 14.5. The van der Waals surface area contributed by atoms with Gasteiger partial charge < -0.3 is 9.47 Å². The number of benzene rings is 2. The minimum absolute atomic E-state index is 0.0988. The van der Waals surface area contributed by atoms with E-state index in [1.165, 1.54) is 56.7 Å². The molecule has 1 saturated carbocycles. The zero-order valence-electron chi connectivity index (χ0n) is 19.9. The Hall–Kier alpha value is -2.22. The summed E-state index contributed by atoms with van der Waals surface area (Å²) < 4.78 is 87.8. The molecule has 0 heterocycles. The van der Waals surface area contributed by atoms with Gasteiger partial charge in [-0.1, -0.05) is 62.9 Å². The third-order valence-corrected chi connectivity index (χ3v) is 6.68. The van der Waals surface area contributed by atoms with Crippen LogP contribution in [0.25, 0.3) is 0 Å². The van der Waals surface area contributed by atoms with Crippen LogP contribution < -0.4 is 4.74 Å². The summed E-state index contributed by atoms with van der Waals surface area (Å²) in [5.74, 6) is -1.04. The van der Waals surface area contributed by atoms with Crippen LogP contribution in [0.15, 0.2) is 42.5 Å². The molecule has 0 aromatic heterocycles. The van der Waals surface area contributed by atoms with Crippen molar-refractivity contribution in [3.63, 3.8) is 0 Å². The van der Waals surface area contributed by atoms with Crippen molar-refractivity contribution in [1.29, 1.82) is 0 Å². The summed E-state index contributed by atoms with van der Waals surface area (Å²) in [6, 6.07) is 9.05. The monoisotopic (exact) mass is 502 g/mol. The highest BCUT2D eigenvalue weighted by molar-refractivity contribution is 5.30. The molecule has 194 valence electrons. The minimum Gasteiger partial charge on any atom is -0.403 e. The molecule has 0 N–H and O–H groups in total. The first kappa shape index (κ1) is 27.4. The molecule has 1 aliphatic carbocycles. The summed E-state index contributed by atoms with van der Waals surface area (Å²) in [5, 5.41) is 0. The number of hydrogen-bond acceptors (Lipinski definition) is 2. The van der Waals surface area contributed by atoms with E-state index < -0.39 is 30.6 Å². The maximum Gasteiger partial charge on any atom is 0.573 e. The third-order valence-electron chi connectivity index (χ3n) is 6.68. The Balaban J connectivity index is 1.48. The van der Waals surface area contributed by atoms with E-state index in [2.05, 4.69) is 11.7 Å². The number of alkyl halides is 5. The molecule has 2 aromatic carbocycles. The second kappa shape index (κ2) is 12.2. The molecule has 0 spiro atoms. The van der Waals surface area contributed by atoms with Gasteiger partial charge in [-0.25, -0.2) is 4.39 Å². The highest BCUT2D eigenvalue weighted by Crippen LogP contribution is 2.39. The maximum atomic E-state index is 14.5. The molecule has 3 rings (SSSR count). The van der Waals surface area contributed by atoms with Gasteiger partial charge in [-0.15, -0.1) is 13.2 Å². The highest BCUT2D eigenvalue weighted by Gasteiger charge is 2.34. The van der Waals surface area contributed by atoms with Crippen molar-refractivity contribution >= 4 is 0 Å². The lowest BCUT2D eigenvalue weighted by Gasteiger charge is -2.29. The molecule has 0 aliphatic heterocycles. The molecule has 35 heavy (non-hydrogen) atoms. The molecule has 1 aliphatic rings. The molecule has 1 fully saturated rings. The van der Waals surface area contributed by atoms with Gasteiger partial charge in [0.2, 0.25) is 0 Å².